The lowest BCUT2D eigenvalue weighted by Gasteiger charge is -2.24. The van der Waals surface area contributed by atoms with E-state index in [9.17, 15) is 4.79 Å². The van der Waals surface area contributed by atoms with Crippen molar-refractivity contribution in [2.75, 3.05) is 6.61 Å². The zero-order valence-corrected chi connectivity index (χ0v) is 8.86. The second kappa shape index (κ2) is 2.36. The van der Waals surface area contributed by atoms with Gasteiger partial charge in [0.2, 0.25) is 0 Å². The third-order valence-corrected chi connectivity index (χ3v) is 5.21. The molecule has 1 saturated heterocycles. The molecule has 0 amide bonds. The highest BCUT2D eigenvalue weighted by molar-refractivity contribution is 14.1. The Hall–Kier alpha value is 0.200. The SMILES string of the molecule is O=C1OCC2C3CC(CC3I)C12. The predicted octanol–water partition coefficient (Wildman–Crippen LogP) is 1.62. The lowest BCUT2D eigenvalue weighted by molar-refractivity contribution is -0.142. The van der Waals surface area contributed by atoms with Gasteiger partial charge in [-0.2, -0.15) is 0 Å². The Balaban J connectivity index is 1.94. The van der Waals surface area contributed by atoms with Crippen LogP contribution in [0.4, 0.5) is 0 Å². The molecule has 0 aromatic carbocycles. The van der Waals surface area contributed by atoms with Gasteiger partial charge >= 0.3 is 5.97 Å². The number of rotatable bonds is 0. The van der Waals surface area contributed by atoms with Crippen molar-refractivity contribution in [3.8, 4) is 0 Å². The van der Waals surface area contributed by atoms with E-state index in [2.05, 4.69) is 22.6 Å². The number of halogens is 1. The topological polar surface area (TPSA) is 26.3 Å². The monoisotopic (exact) mass is 278 g/mol. The van der Waals surface area contributed by atoms with Crippen LogP contribution in [0.15, 0.2) is 0 Å². The number of fused-ring (bicyclic) bond motifs is 5. The van der Waals surface area contributed by atoms with Crippen LogP contribution in [0.3, 0.4) is 0 Å². The molecule has 3 fully saturated rings. The molecule has 0 N–H and O–H groups in total. The van der Waals surface area contributed by atoms with Crippen molar-refractivity contribution in [3.63, 3.8) is 0 Å². The van der Waals surface area contributed by atoms with Crippen molar-refractivity contribution in [1.29, 1.82) is 0 Å². The van der Waals surface area contributed by atoms with Crippen molar-refractivity contribution >= 4 is 28.6 Å². The maximum absolute atomic E-state index is 11.3. The molecule has 5 unspecified atom stereocenters. The number of alkyl halides is 1. The first kappa shape index (κ1) is 7.59. The third kappa shape index (κ3) is 0.783. The van der Waals surface area contributed by atoms with E-state index in [0.29, 0.717) is 24.4 Å². The summed E-state index contributed by atoms with van der Waals surface area (Å²) in [5.41, 5.74) is 0. The molecule has 3 aliphatic rings. The van der Waals surface area contributed by atoms with Gasteiger partial charge in [0.25, 0.3) is 0 Å². The van der Waals surface area contributed by atoms with Gasteiger partial charge in [0.1, 0.15) is 0 Å². The predicted molar refractivity (Wildman–Crippen MR) is 52.0 cm³/mol. The number of esters is 1. The van der Waals surface area contributed by atoms with Gasteiger partial charge in [0, 0.05) is 9.84 Å². The maximum atomic E-state index is 11.3. The summed E-state index contributed by atoms with van der Waals surface area (Å²) in [6, 6.07) is 0. The Bertz CT molecular complexity index is 241. The summed E-state index contributed by atoms with van der Waals surface area (Å²) in [5, 5.41) is 0. The summed E-state index contributed by atoms with van der Waals surface area (Å²) in [7, 11) is 0. The van der Waals surface area contributed by atoms with E-state index >= 15 is 0 Å². The molecule has 3 rings (SSSR count). The quantitative estimate of drug-likeness (QED) is 0.382. The Morgan fingerprint density at radius 3 is 3.00 bits per heavy atom. The van der Waals surface area contributed by atoms with Crippen molar-refractivity contribution in [1.82, 2.24) is 0 Å². The van der Waals surface area contributed by atoms with Crippen molar-refractivity contribution in [2.45, 2.75) is 16.8 Å². The molecule has 66 valence electrons. The van der Waals surface area contributed by atoms with Crippen LogP contribution in [0.1, 0.15) is 12.8 Å². The van der Waals surface area contributed by atoms with E-state index in [1.165, 1.54) is 12.8 Å². The van der Waals surface area contributed by atoms with Gasteiger partial charge < -0.3 is 4.74 Å². The first-order chi connectivity index (χ1) is 5.77. The molecule has 2 nitrogen and oxygen atoms in total. The molecule has 0 spiro atoms. The average molecular weight is 278 g/mol. The van der Waals surface area contributed by atoms with E-state index in [-0.39, 0.29) is 5.97 Å². The Morgan fingerprint density at radius 2 is 2.17 bits per heavy atom. The maximum Gasteiger partial charge on any atom is 0.309 e. The van der Waals surface area contributed by atoms with Gasteiger partial charge in [-0.25, -0.2) is 0 Å². The van der Waals surface area contributed by atoms with Gasteiger partial charge in [-0.3, -0.25) is 4.79 Å². The molecular formula is C9H11IO2. The molecule has 2 bridgehead atoms. The second-order valence-electron chi connectivity index (χ2n) is 4.23. The standard InChI is InChI=1S/C9H11IO2/c10-7-2-4-1-5(7)6-3-12-9(11)8(4)6/h4-8H,1-3H2. The molecule has 0 radical (unpaired) electrons. The zero-order chi connectivity index (χ0) is 8.29. The Labute approximate surface area is 85.2 Å². The summed E-state index contributed by atoms with van der Waals surface area (Å²) in [5.74, 6) is 2.42. The normalized spacial score (nSPS) is 55.8. The lowest BCUT2D eigenvalue weighted by Crippen LogP contribution is -2.28. The van der Waals surface area contributed by atoms with Crippen molar-refractivity contribution in [3.05, 3.63) is 0 Å². The summed E-state index contributed by atoms with van der Waals surface area (Å²) in [6.07, 6.45) is 2.54. The number of carbonyl (C=O) groups is 1. The minimum Gasteiger partial charge on any atom is -0.465 e. The van der Waals surface area contributed by atoms with Crippen molar-refractivity contribution in [2.24, 2.45) is 23.7 Å². The number of hydrogen-bond donors (Lipinski definition) is 0. The fraction of sp³-hybridized carbons (Fsp3) is 0.889. The summed E-state index contributed by atoms with van der Waals surface area (Å²) in [6.45, 7) is 0.712. The minimum atomic E-state index is 0.0933. The van der Waals surface area contributed by atoms with Crippen LogP contribution in [0.25, 0.3) is 0 Å². The Morgan fingerprint density at radius 1 is 1.33 bits per heavy atom. The number of hydrogen-bond acceptors (Lipinski definition) is 2. The average Bonchev–Trinajstić information content (AvgIpc) is 2.62. The molecule has 2 aliphatic carbocycles. The van der Waals surface area contributed by atoms with Crippen LogP contribution in [-0.2, 0) is 9.53 Å². The molecule has 3 heteroatoms. The Kier molecular flexibility index (Phi) is 1.50. The zero-order valence-electron chi connectivity index (χ0n) is 6.70. The van der Waals surface area contributed by atoms with Crippen LogP contribution in [-0.4, -0.2) is 16.5 Å². The van der Waals surface area contributed by atoms with Gasteiger partial charge in [-0.05, 0) is 24.7 Å². The number of cyclic esters (lactones) is 1. The number of ether oxygens (including phenoxy) is 1. The molecular weight excluding hydrogens is 267 g/mol. The smallest absolute Gasteiger partial charge is 0.309 e. The third-order valence-electron chi connectivity index (χ3n) is 3.78. The van der Waals surface area contributed by atoms with Crippen LogP contribution < -0.4 is 0 Å². The fourth-order valence-electron chi connectivity index (χ4n) is 3.28. The van der Waals surface area contributed by atoms with E-state index < -0.39 is 0 Å². The van der Waals surface area contributed by atoms with Gasteiger partial charge in [-0.15, -0.1) is 0 Å². The lowest BCUT2D eigenvalue weighted by atomic mass is 9.81. The van der Waals surface area contributed by atoms with E-state index in [0.717, 1.165) is 9.84 Å². The first-order valence-electron chi connectivity index (χ1n) is 4.58. The summed E-state index contributed by atoms with van der Waals surface area (Å²) < 4.78 is 5.92. The number of carbonyl (C=O) groups excluding carboxylic acids is 1. The highest BCUT2D eigenvalue weighted by Gasteiger charge is 2.58. The van der Waals surface area contributed by atoms with E-state index in [1.54, 1.807) is 0 Å². The molecule has 0 aromatic heterocycles. The summed E-state index contributed by atoms with van der Waals surface area (Å²) >= 11 is 2.54. The fourth-order valence-corrected chi connectivity index (χ4v) is 4.76. The largest absolute Gasteiger partial charge is 0.465 e. The molecule has 2 saturated carbocycles. The molecule has 0 aromatic rings. The van der Waals surface area contributed by atoms with Crippen LogP contribution >= 0.6 is 22.6 Å². The molecule has 12 heavy (non-hydrogen) atoms. The van der Waals surface area contributed by atoms with Gasteiger partial charge in [0.05, 0.1) is 12.5 Å². The highest BCUT2D eigenvalue weighted by Crippen LogP contribution is 2.57. The van der Waals surface area contributed by atoms with Crippen LogP contribution in [0, 0.1) is 23.7 Å². The van der Waals surface area contributed by atoms with E-state index in [1.807, 2.05) is 0 Å². The summed E-state index contributed by atoms with van der Waals surface area (Å²) in [4.78, 5) is 11.3. The van der Waals surface area contributed by atoms with E-state index in [4.69, 9.17) is 4.74 Å². The van der Waals surface area contributed by atoms with Crippen LogP contribution in [0.5, 0.6) is 0 Å². The van der Waals surface area contributed by atoms with Gasteiger partial charge in [-0.1, -0.05) is 22.6 Å². The van der Waals surface area contributed by atoms with Crippen LogP contribution in [0.2, 0.25) is 0 Å². The molecule has 5 atom stereocenters. The minimum absolute atomic E-state index is 0.0933. The first-order valence-corrected chi connectivity index (χ1v) is 5.82. The molecule has 1 aliphatic heterocycles. The molecule has 1 heterocycles. The highest BCUT2D eigenvalue weighted by atomic mass is 127. The van der Waals surface area contributed by atoms with Crippen molar-refractivity contribution < 1.29 is 9.53 Å². The van der Waals surface area contributed by atoms with Gasteiger partial charge in [0.15, 0.2) is 0 Å². The second-order valence-corrected chi connectivity index (χ2v) is 5.83.